The molecule has 2 aliphatic rings. The molecule has 0 bridgehead atoms. The number of fused-ring (bicyclic) bond motifs is 1. The van der Waals surface area contributed by atoms with Gasteiger partial charge in [0.15, 0.2) is 9.84 Å². The molecule has 0 spiro atoms. The van der Waals surface area contributed by atoms with E-state index in [1.165, 1.54) is 12.8 Å². The standard InChI is InChI=1S/C12H24N2O2S.ClH/c1-2-8-17(15,16)9-7-14-6-4-12-11(10-14)3-5-13-12;/h11-13H,2-10H2,1H3;1H. The Balaban J connectivity index is 0.00000162. The molecule has 2 heterocycles. The first kappa shape index (κ1) is 16.2. The number of hydrogen-bond acceptors (Lipinski definition) is 4. The number of rotatable bonds is 5. The normalized spacial score (nSPS) is 28.7. The number of nitrogens with zero attached hydrogens (tertiary/aromatic N) is 1. The summed E-state index contributed by atoms with van der Waals surface area (Å²) in [6.45, 7) is 5.92. The molecule has 6 heteroatoms. The summed E-state index contributed by atoms with van der Waals surface area (Å²) in [6.07, 6.45) is 3.17. The highest BCUT2D eigenvalue weighted by molar-refractivity contribution is 7.91. The molecule has 0 aromatic heterocycles. The Hall–Kier alpha value is 0.160. The molecule has 108 valence electrons. The summed E-state index contributed by atoms with van der Waals surface area (Å²) < 4.78 is 23.3. The zero-order valence-corrected chi connectivity index (χ0v) is 12.7. The van der Waals surface area contributed by atoms with Gasteiger partial charge < -0.3 is 10.2 Å². The maximum Gasteiger partial charge on any atom is 0.151 e. The van der Waals surface area contributed by atoms with Gasteiger partial charge in [-0.25, -0.2) is 8.42 Å². The predicted molar refractivity (Wildman–Crippen MR) is 77.1 cm³/mol. The van der Waals surface area contributed by atoms with Crippen LogP contribution in [0.4, 0.5) is 0 Å². The van der Waals surface area contributed by atoms with Gasteiger partial charge in [0.05, 0.1) is 5.75 Å². The predicted octanol–water partition coefficient (Wildman–Crippen LogP) is 0.917. The monoisotopic (exact) mass is 296 g/mol. The maximum atomic E-state index is 11.7. The van der Waals surface area contributed by atoms with Crippen molar-refractivity contribution >= 4 is 22.2 Å². The first-order valence-electron chi connectivity index (χ1n) is 6.77. The van der Waals surface area contributed by atoms with Crippen LogP contribution in [0.2, 0.25) is 0 Å². The molecule has 2 saturated heterocycles. The Morgan fingerprint density at radius 3 is 2.78 bits per heavy atom. The van der Waals surface area contributed by atoms with Crippen LogP contribution in [0, 0.1) is 5.92 Å². The van der Waals surface area contributed by atoms with E-state index in [-0.39, 0.29) is 12.4 Å². The maximum absolute atomic E-state index is 11.7. The molecule has 0 aromatic rings. The zero-order chi connectivity index (χ0) is 12.3. The lowest BCUT2D eigenvalue weighted by Gasteiger charge is -2.34. The van der Waals surface area contributed by atoms with Gasteiger partial charge >= 0.3 is 0 Å². The fourth-order valence-corrected chi connectivity index (χ4v) is 4.37. The Morgan fingerprint density at radius 2 is 2.06 bits per heavy atom. The van der Waals surface area contributed by atoms with Crippen LogP contribution in [0.25, 0.3) is 0 Å². The van der Waals surface area contributed by atoms with Crippen LogP contribution in [0.3, 0.4) is 0 Å². The molecule has 1 N–H and O–H groups in total. The second-order valence-electron chi connectivity index (χ2n) is 5.35. The molecular weight excluding hydrogens is 272 g/mol. The van der Waals surface area contributed by atoms with Gasteiger partial charge in [-0.15, -0.1) is 12.4 Å². The lowest BCUT2D eigenvalue weighted by Crippen LogP contribution is -2.45. The molecule has 2 fully saturated rings. The van der Waals surface area contributed by atoms with E-state index in [2.05, 4.69) is 10.2 Å². The summed E-state index contributed by atoms with van der Waals surface area (Å²) in [6, 6.07) is 0.693. The average molecular weight is 297 g/mol. The van der Waals surface area contributed by atoms with E-state index in [9.17, 15) is 8.42 Å². The minimum atomic E-state index is -2.81. The largest absolute Gasteiger partial charge is 0.314 e. The molecular formula is C12H25ClN2O2S. The van der Waals surface area contributed by atoms with Crippen molar-refractivity contribution in [1.82, 2.24) is 10.2 Å². The molecule has 2 aliphatic heterocycles. The Bertz CT molecular complexity index is 348. The molecule has 18 heavy (non-hydrogen) atoms. The number of nitrogens with one attached hydrogen (secondary N) is 1. The van der Waals surface area contributed by atoms with Crippen LogP contribution in [-0.4, -0.2) is 57.0 Å². The zero-order valence-electron chi connectivity index (χ0n) is 11.1. The summed E-state index contributed by atoms with van der Waals surface area (Å²) in [5.74, 6) is 1.43. The van der Waals surface area contributed by atoms with Crippen LogP contribution in [0.1, 0.15) is 26.2 Å². The molecule has 0 aromatic carbocycles. The molecule has 4 nitrogen and oxygen atoms in total. The van der Waals surface area contributed by atoms with Crippen molar-refractivity contribution < 1.29 is 8.42 Å². The van der Waals surface area contributed by atoms with E-state index < -0.39 is 9.84 Å². The van der Waals surface area contributed by atoms with Crippen LogP contribution >= 0.6 is 12.4 Å². The molecule has 0 saturated carbocycles. The number of halogens is 1. The van der Waals surface area contributed by atoms with E-state index in [1.807, 2.05) is 6.92 Å². The van der Waals surface area contributed by atoms with Gasteiger partial charge in [0.1, 0.15) is 0 Å². The molecule has 2 rings (SSSR count). The Kier molecular flexibility index (Phi) is 6.38. The molecule has 2 unspecified atom stereocenters. The van der Waals surface area contributed by atoms with E-state index in [1.54, 1.807) is 0 Å². The van der Waals surface area contributed by atoms with Crippen molar-refractivity contribution in [3.8, 4) is 0 Å². The number of sulfone groups is 1. The van der Waals surface area contributed by atoms with Crippen LogP contribution in [-0.2, 0) is 9.84 Å². The van der Waals surface area contributed by atoms with Crippen molar-refractivity contribution in [1.29, 1.82) is 0 Å². The van der Waals surface area contributed by atoms with Gasteiger partial charge in [0.2, 0.25) is 0 Å². The van der Waals surface area contributed by atoms with Crippen LogP contribution < -0.4 is 5.32 Å². The quantitative estimate of drug-likeness (QED) is 0.819. The van der Waals surface area contributed by atoms with Crippen LogP contribution in [0.15, 0.2) is 0 Å². The second-order valence-corrected chi connectivity index (χ2v) is 7.65. The van der Waals surface area contributed by atoms with Gasteiger partial charge in [-0.05, 0) is 38.3 Å². The molecule has 0 amide bonds. The highest BCUT2D eigenvalue weighted by Gasteiger charge is 2.32. The third-order valence-electron chi connectivity index (χ3n) is 3.97. The van der Waals surface area contributed by atoms with Gasteiger partial charge in [0, 0.05) is 24.9 Å². The molecule has 2 atom stereocenters. The first-order valence-corrected chi connectivity index (χ1v) is 8.59. The van der Waals surface area contributed by atoms with Gasteiger partial charge in [-0.3, -0.25) is 0 Å². The third kappa shape index (κ3) is 4.37. The molecule has 0 radical (unpaired) electrons. The van der Waals surface area contributed by atoms with Crippen molar-refractivity contribution in [3.05, 3.63) is 0 Å². The fraction of sp³-hybridized carbons (Fsp3) is 1.00. The fourth-order valence-electron chi connectivity index (χ4n) is 3.01. The van der Waals surface area contributed by atoms with Gasteiger partial charge in [-0.1, -0.05) is 6.92 Å². The third-order valence-corrected chi connectivity index (χ3v) is 5.81. The lowest BCUT2D eigenvalue weighted by molar-refractivity contribution is 0.171. The highest BCUT2D eigenvalue weighted by atomic mass is 35.5. The van der Waals surface area contributed by atoms with Crippen molar-refractivity contribution in [3.63, 3.8) is 0 Å². The SMILES string of the molecule is CCCS(=O)(=O)CCN1CCC2NCCC2C1.Cl. The van der Waals surface area contributed by atoms with E-state index in [4.69, 9.17) is 0 Å². The van der Waals surface area contributed by atoms with Gasteiger partial charge in [-0.2, -0.15) is 0 Å². The summed E-state index contributed by atoms with van der Waals surface area (Å²) in [7, 11) is -2.81. The Morgan fingerprint density at radius 1 is 1.28 bits per heavy atom. The van der Waals surface area contributed by atoms with E-state index in [0.717, 1.165) is 38.5 Å². The van der Waals surface area contributed by atoms with E-state index in [0.29, 0.717) is 17.5 Å². The van der Waals surface area contributed by atoms with Crippen LogP contribution in [0.5, 0.6) is 0 Å². The van der Waals surface area contributed by atoms with Crippen molar-refractivity contribution in [2.45, 2.75) is 32.2 Å². The smallest absolute Gasteiger partial charge is 0.151 e. The summed E-state index contributed by atoms with van der Waals surface area (Å²) in [5, 5.41) is 3.53. The van der Waals surface area contributed by atoms with E-state index >= 15 is 0 Å². The minimum absolute atomic E-state index is 0. The van der Waals surface area contributed by atoms with Gasteiger partial charge in [0.25, 0.3) is 0 Å². The number of likely N-dealkylation sites (tertiary alicyclic amines) is 1. The highest BCUT2D eigenvalue weighted by Crippen LogP contribution is 2.24. The lowest BCUT2D eigenvalue weighted by atomic mass is 9.93. The first-order chi connectivity index (χ1) is 8.11. The topological polar surface area (TPSA) is 49.4 Å². The summed E-state index contributed by atoms with van der Waals surface area (Å²) in [5.41, 5.74) is 0. The number of piperidine rings is 1. The second kappa shape index (κ2) is 7.08. The summed E-state index contributed by atoms with van der Waals surface area (Å²) >= 11 is 0. The molecule has 0 aliphatic carbocycles. The summed E-state index contributed by atoms with van der Waals surface area (Å²) in [4.78, 5) is 2.33. The average Bonchev–Trinajstić information content (AvgIpc) is 2.73. The Labute approximate surface area is 117 Å². The van der Waals surface area contributed by atoms with Crippen molar-refractivity contribution in [2.24, 2.45) is 5.92 Å². The minimum Gasteiger partial charge on any atom is -0.314 e. The van der Waals surface area contributed by atoms with Crippen molar-refractivity contribution in [2.75, 3.05) is 37.7 Å². The number of hydrogen-bond donors (Lipinski definition) is 1.